The van der Waals surface area contributed by atoms with Crippen LogP contribution >= 0.6 is 15.9 Å². The summed E-state index contributed by atoms with van der Waals surface area (Å²) in [6.45, 7) is 0. The number of ether oxygens (including phenoxy) is 2. The summed E-state index contributed by atoms with van der Waals surface area (Å²) in [7, 11) is 2.87. The predicted molar refractivity (Wildman–Crippen MR) is 66.1 cm³/mol. The van der Waals surface area contributed by atoms with Gasteiger partial charge in [0.05, 0.1) is 25.9 Å². The molecule has 0 aliphatic heterocycles. The molecule has 4 nitrogen and oxygen atoms in total. The van der Waals surface area contributed by atoms with Gasteiger partial charge < -0.3 is 9.47 Å². The molecule has 0 aliphatic carbocycles. The first-order valence-electron chi connectivity index (χ1n) is 4.91. The van der Waals surface area contributed by atoms with E-state index in [1.54, 1.807) is 18.2 Å². The van der Waals surface area contributed by atoms with Crippen LogP contribution in [-0.4, -0.2) is 25.0 Å². The topological polar surface area (TPSA) is 59.3 Å². The molecule has 0 N–H and O–H groups in total. The number of rotatable bonds is 4. The molecule has 0 aliphatic rings. The summed E-state index contributed by atoms with van der Waals surface area (Å²) < 4.78 is 9.80. The van der Waals surface area contributed by atoms with E-state index < -0.39 is 4.83 Å². The first-order valence-corrected chi connectivity index (χ1v) is 5.82. The summed E-state index contributed by atoms with van der Waals surface area (Å²) in [6.07, 6.45) is 0.446. The minimum atomic E-state index is -0.422. The Kier molecular flexibility index (Phi) is 4.98. The van der Waals surface area contributed by atoms with E-state index in [0.717, 1.165) is 5.56 Å². The van der Waals surface area contributed by atoms with E-state index >= 15 is 0 Å². The van der Waals surface area contributed by atoms with E-state index in [2.05, 4.69) is 20.7 Å². The van der Waals surface area contributed by atoms with Gasteiger partial charge in [0.1, 0.15) is 10.6 Å². The number of halogens is 1. The molecule has 0 amide bonds. The Hall–Kier alpha value is -1.54. The second-order valence-electron chi connectivity index (χ2n) is 3.33. The molecule has 17 heavy (non-hydrogen) atoms. The summed E-state index contributed by atoms with van der Waals surface area (Å²) in [5.74, 6) is 0.258. The van der Waals surface area contributed by atoms with Gasteiger partial charge in [-0.15, -0.1) is 0 Å². The van der Waals surface area contributed by atoms with Gasteiger partial charge >= 0.3 is 5.97 Å². The van der Waals surface area contributed by atoms with Gasteiger partial charge in [0.25, 0.3) is 0 Å². The van der Waals surface area contributed by atoms with E-state index in [-0.39, 0.29) is 5.97 Å². The van der Waals surface area contributed by atoms with E-state index in [4.69, 9.17) is 10.00 Å². The van der Waals surface area contributed by atoms with Crippen molar-refractivity contribution in [2.24, 2.45) is 0 Å². The molecular formula is C12H12BrNO3. The highest BCUT2D eigenvalue weighted by molar-refractivity contribution is 9.10. The van der Waals surface area contributed by atoms with Crippen LogP contribution in [0.4, 0.5) is 0 Å². The third kappa shape index (κ3) is 3.46. The Morgan fingerprint density at radius 1 is 1.53 bits per heavy atom. The largest absolute Gasteiger partial charge is 0.496 e. The molecule has 1 atom stereocenters. The summed E-state index contributed by atoms with van der Waals surface area (Å²) in [5, 5.41) is 8.77. The van der Waals surface area contributed by atoms with Gasteiger partial charge in [0, 0.05) is 0 Å². The first kappa shape index (κ1) is 13.5. The SMILES string of the molecule is COC(=O)C(Br)Cc1ccc(C#N)cc1OC. The highest BCUT2D eigenvalue weighted by atomic mass is 79.9. The van der Waals surface area contributed by atoms with Crippen LogP contribution in [0.1, 0.15) is 11.1 Å². The number of nitriles is 1. The van der Waals surface area contributed by atoms with Crippen LogP contribution < -0.4 is 4.74 Å². The van der Waals surface area contributed by atoms with E-state index in [9.17, 15) is 4.79 Å². The highest BCUT2D eigenvalue weighted by Gasteiger charge is 2.18. The lowest BCUT2D eigenvalue weighted by atomic mass is 10.1. The molecule has 90 valence electrons. The number of hydrogen-bond donors (Lipinski definition) is 0. The molecule has 1 unspecified atom stereocenters. The average molecular weight is 298 g/mol. The number of hydrogen-bond acceptors (Lipinski definition) is 4. The summed E-state index contributed by atoms with van der Waals surface area (Å²) in [6, 6.07) is 7.14. The second kappa shape index (κ2) is 6.26. The molecule has 0 fully saturated rings. The Morgan fingerprint density at radius 3 is 2.76 bits per heavy atom. The molecule has 0 heterocycles. The van der Waals surface area contributed by atoms with Crippen molar-refractivity contribution in [1.82, 2.24) is 0 Å². The number of nitrogens with zero attached hydrogens (tertiary/aromatic N) is 1. The zero-order valence-corrected chi connectivity index (χ0v) is 11.2. The van der Waals surface area contributed by atoms with Crippen LogP contribution in [0.25, 0.3) is 0 Å². The van der Waals surface area contributed by atoms with Crippen LogP contribution in [0.3, 0.4) is 0 Å². The first-order chi connectivity index (χ1) is 8.12. The highest BCUT2D eigenvalue weighted by Crippen LogP contribution is 2.23. The van der Waals surface area contributed by atoms with E-state index in [0.29, 0.717) is 17.7 Å². The molecule has 1 aromatic carbocycles. The maximum atomic E-state index is 11.3. The van der Waals surface area contributed by atoms with Crippen molar-refractivity contribution in [2.45, 2.75) is 11.2 Å². The van der Waals surface area contributed by atoms with Crippen LogP contribution in [-0.2, 0) is 16.0 Å². The summed E-state index contributed by atoms with van der Waals surface area (Å²) in [5.41, 5.74) is 1.37. The zero-order chi connectivity index (χ0) is 12.8. The molecule has 0 bridgehead atoms. The molecular weight excluding hydrogens is 286 g/mol. The van der Waals surface area contributed by atoms with Crippen LogP contribution in [0.2, 0.25) is 0 Å². The van der Waals surface area contributed by atoms with Crippen LogP contribution in [0.5, 0.6) is 5.75 Å². The van der Waals surface area contributed by atoms with Crippen molar-refractivity contribution in [3.63, 3.8) is 0 Å². The van der Waals surface area contributed by atoms with Crippen molar-refractivity contribution >= 4 is 21.9 Å². The van der Waals surface area contributed by atoms with Gasteiger partial charge in [-0.1, -0.05) is 22.0 Å². The minimum Gasteiger partial charge on any atom is -0.496 e. The van der Waals surface area contributed by atoms with Crippen molar-refractivity contribution < 1.29 is 14.3 Å². The van der Waals surface area contributed by atoms with Gasteiger partial charge in [-0.3, -0.25) is 4.79 Å². The summed E-state index contributed by atoms with van der Waals surface area (Å²) >= 11 is 3.24. The van der Waals surface area contributed by atoms with Gasteiger partial charge in [0.2, 0.25) is 0 Å². The van der Waals surface area contributed by atoms with E-state index in [1.807, 2.05) is 6.07 Å². The van der Waals surface area contributed by atoms with Gasteiger partial charge in [-0.05, 0) is 24.1 Å². The molecule has 5 heteroatoms. The average Bonchev–Trinajstić information content (AvgIpc) is 2.37. The molecule has 0 saturated carbocycles. The molecule has 1 rings (SSSR count). The van der Waals surface area contributed by atoms with Crippen LogP contribution in [0, 0.1) is 11.3 Å². The number of carbonyl (C=O) groups is 1. The fourth-order valence-electron chi connectivity index (χ4n) is 1.39. The second-order valence-corrected chi connectivity index (χ2v) is 4.44. The van der Waals surface area contributed by atoms with Crippen molar-refractivity contribution in [3.8, 4) is 11.8 Å². The van der Waals surface area contributed by atoms with Gasteiger partial charge in [-0.2, -0.15) is 5.26 Å². The molecule has 1 aromatic rings. The lowest BCUT2D eigenvalue weighted by Crippen LogP contribution is -2.18. The smallest absolute Gasteiger partial charge is 0.319 e. The number of esters is 1. The number of carbonyl (C=O) groups excluding carboxylic acids is 1. The predicted octanol–water partition coefficient (Wildman–Crippen LogP) is 2.05. The quantitative estimate of drug-likeness (QED) is 0.630. The third-order valence-electron chi connectivity index (χ3n) is 2.27. The summed E-state index contributed by atoms with van der Waals surface area (Å²) in [4.78, 5) is 10.9. The van der Waals surface area contributed by atoms with Crippen molar-refractivity contribution in [2.75, 3.05) is 14.2 Å². The number of methoxy groups -OCH3 is 2. The number of alkyl halides is 1. The maximum absolute atomic E-state index is 11.3. The van der Waals surface area contributed by atoms with E-state index in [1.165, 1.54) is 14.2 Å². The Morgan fingerprint density at radius 2 is 2.24 bits per heavy atom. The molecule has 0 spiro atoms. The lowest BCUT2D eigenvalue weighted by Gasteiger charge is -2.11. The molecule has 0 aromatic heterocycles. The Labute approximate surface area is 108 Å². The maximum Gasteiger partial charge on any atom is 0.319 e. The number of benzene rings is 1. The standard InChI is InChI=1S/C12H12BrNO3/c1-16-11-5-8(7-14)3-4-9(11)6-10(13)12(15)17-2/h3-5,10H,6H2,1-2H3. The monoisotopic (exact) mass is 297 g/mol. The van der Waals surface area contributed by atoms with Crippen LogP contribution in [0.15, 0.2) is 18.2 Å². The Balaban J connectivity index is 2.91. The fourth-order valence-corrected chi connectivity index (χ4v) is 1.92. The Bertz CT molecular complexity index is 454. The molecule has 0 saturated heterocycles. The zero-order valence-electron chi connectivity index (χ0n) is 9.57. The van der Waals surface area contributed by atoms with Gasteiger partial charge in [0.15, 0.2) is 0 Å². The van der Waals surface area contributed by atoms with Crippen molar-refractivity contribution in [1.29, 1.82) is 5.26 Å². The lowest BCUT2D eigenvalue weighted by molar-refractivity contribution is -0.139. The van der Waals surface area contributed by atoms with Crippen molar-refractivity contribution in [3.05, 3.63) is 29.3 Å². The molecule has 0 radical (unpaired) electrons. The normalized spacial score (nSPS) is 11.4. The van der Waals surface area contributed by atoms with Gasteiger partial charge in [-0.25, -0.2) is 0 Å². The fraction of sp³-hybridized carbons (Fsp3) is 0.333. The third-order valence-corrected chi connectivity index (χ3v) is 2.97. The minimum absolute atomic E-state index is 0.337.